The first-order valence-electron chi connectivity index (χ1n) is 3.80. The standard InChI is InChI=1S/C8H6Cl2N4/c9-6-2-1-5(3-7(6)10)14-4-8(11)12-13-14/h1-4H,11H2. The lowest BCUT2D eigenvalue weighted by molar-refractivity contribution is 0.804. The maximum absolute atomic E-state index is 5.85. The summed E-state index contributed by atoms with van der Waals surface area (Å²) < 4.78 is 1.53. The van der Waals surface area contributed by atoms with E-state index in [1.54, 1.807) is 24.4 Å². The summed E-state index contributed by atoms with van der Waals surface area (Å²) in [6.45, 7) is 0. The highest BCUT2D eigenvalue weighted by atomic mass is 35.5. The number of rotatable bonds is 1. The summed E-state index contributed by atoms with van der Waals surface area (Å²) in [4.78, 5) is 0. The topological polar surface area (TPSA) is 56.7 Å². The summed E-state index contributed by atoms with van der Waals surface area (Å²) in [7, 11) is 0. The van der Waals surface area contributed by atoms with Crippen molar-refractivity contribution < 1.29 is 0 Å². The van der Waals surface area contributed by atoms with Gasteiger partial charge < -0.3 is 5.73 Å². The summed E-state index contributed by atoms with van der Waals surface area (Å²) in [5.41, 5.74) is 6.20. The number of hydrogen-bond acceptors (Lipinski definition) is 3. The van der Waals surface area contributed by atoms with Gasteiger partial charge in [0, 0.05) is 0 Å². The highest BCUT2D eigenvalue weighted by molar-refractivity contribution is 6.42. The molecule has 0 aliphatic rings. The van der Waals surface area contributed by atoms with Crippen molar-refractivity contribution in [3.63, 3.8) is 0 Å². The molecule has 1 aromatic heterocycles. The second-order valence-corrected chi connectivity index (χ2v) is 3.50. The van der Waals surface area contributed by atoms with Gasteiger partial charge in [-0.15, -0.1) is 5.10 Å². The maximum atomic E-state index is 5.85. The summed E-state index contributed by atoms with van der Waals surface area (Å²) >= 11 is 11.6. The molecule has 0 aliphatic heterocycles. The van der Waals surface area contributed by atoms with Gasteiger partial charge in [0.05, 0.1) is 21.9 Å². The number of aromatic nitrogens is 3. The summed E-state index contributed by atoms with van der Waals surface area (Å²) in [6, 6.07) is 5.16. The van der Waals surface area contributed by atoms with Gasteiger partial charge in [-0.3, -0.25) is 0 Å². The summed E-state index contributed by atoms with van der Waals surface area (Å²) in [5.74, 6) is 0.357. The van der Waals surface area contributed by atoms with E-state index in [0.717, 1.165) is 5.69 Å². The number of nitrogens with two attached hydrogens (primary N) is 1. The third-order valence-electron chi connectivity index (χ3n) is 1.68. The predicted octanol–water partition coefficient (Wildman–Crippen LogP) is 2.16. The fourth-order valence-electron chi connectivity index (χ4n) is 1.03. The Morgan fingerprint density at radius 2 is 2.00 bits per heavy atom. The average Bonchev–Trinajstić information content (AvgIpc) is 2.57. The minimum Gasteiger partial charge on any atom is -0.381 e. The SMILES string of the molecule is Nc1cn(-c2ccc(Cl)c(Cl)c2)nn1. The van der Waals surface area contributed by atoms with Crippen LogP contribution in [0, 0.1) is 0 Å². The molecule has 1 aromatic carbocycles. The van der Waals surface area contributed by atoms with Crippen molar-refractivity contribution in [3.8, 4) is 5.69 Å². The van der Waals surface area contributed by atoms with Crippen molar-refractivity contribution >= 4 is 29.0 Å². The zero-order valence-corrected chi connectivity index (χ0v) is 8.50. The van der Waals surface area contributed by atoms with E-state index in [1.807, 2.05) is 0 Å². The van der Waals surface area contributed by atoms with Crippen LogP contribution in [0.3, 0.4) is 0 Å². The van der Waals surface area contributed by atoms with Crippen LogP contribution in [-0.2, 0) is 0 Å². The van der Waals surface area contributed by atoms with Gasteiger partial charge in [0.2, 0.25) is 0 Å². The van der Waals surface area contributed by atoms with Gasteiger partial charge in [0.1, 0.15) is 0 Å². The van der Waals surface area contributed by atoms with Crippen LogP contribution in [-0.4, -0.2) is 15.0 Å². The van der Waals surface area contributed by atoms with Gasteiger partial charge in [-0.05, 0) is 18.2 Å². The lowest BCUT2D eigenvalue weighted by Crippen LogP contribution is -1.94. The maximum Gasteiger partial charge on any atom is 0.166 e. The monoisotopic (exact) mass is 228 g/mol. The Balaban J connectivity index is 2.47. The van der Waals surface area contributed by atoms with Crippen LogP contribution in [0.15, 0.2) is 24.4 Å². The Kier molecular flexibility index (Phi) is 2.31. The highest BCUT2D eigenvalue weighted by Crippen LogP contribution is 2.24. The molecular weight excluding hydrogens is 223 g/mol. The van der Waals surface area contributed by atoms with Gasteiger partial charge >= 0.3 is 0 Å². The van der Waals surface area contributed by atoms with Gasteiger partial charge in [0.15, 0.2) is 5.82 Å². The highest BCUT2D eigenvalue weighted by Gasteiger charge is 2.02. The second-order valence-electron chi connectivity index (χ2n) is 2.69. The minimum atomic E-state index is 0.357. The van der Waals surface area contributed by atoms with Crippen LogP contribution in [0.5, 0.6) is 0 Å². The molecule has 0 unspecified atom stereocenters. The van der Waals surface area contributed by atoms with Gasteiger partial charge in [-0.1, -0.05) is 28.4 Å². The summed E-state index contributed by atoms with van der Waals surface area (Å²) in [5, 5.41) is 8.43. The fraction of sp³-hybridized carbons (Fsp3) is 0. The number of nitrogen functional groups attached to an aromatic ring is 1. The van der Waals surface area contributed by atoms with Crippen molar-refractivity contribution in [1.82, 2.24) is 15.0 Å². The van der Waals surface area contributed by atoms with Crippen LogP contribution < -0.4 is 5.73 Å². The number of nitrogens with zero attached hydrogens (tertiary/aromatic N) is 3. The van der Waals surface area contributed by atoms with Crippen molar-refractivity contribution in [3.05, 3.63) is 34.4 Å². The number of anilines is 1. The number of benzene rings is 1. The molecule has 72 valence electrons. The lowest BCUT2D eigenvalue weighted by Gasteiger charge is -2.01. The van der Waals surface area contributed by atoms with Crippen molar-refractivity contribution in [2.75, 3.05) is 5.73 Å². The molecule has 0 atom stereocenters. The zero-order valence-electron chi connectivity index (χ0n) is 6.98. The van der Waals surface area contributed by atoms with E-state index >= 15 is 0 Å². The molecule has 1 heterocycles. The Labute approximate surface area is 90.2 Å². The molecule has 0 aliphatic carbocycles. The molecule has 0 spiro atoms. The van der Waals surface area contributed by atoms with Gasteiger partial charge in [0.25, 0.3) is 0 Å². The third kappa shape index (κ3) is 1.66. The Morgan fingerprint density at radius 1 is 1.21 bits per heavy atom. The van der Waals surface area contributed by atoms with Crippen LogP contribution in [0.1, 0.15) is 0 Å². The second kappa shape index (κ2) is 3.48. The Hall–Kier alpha value is -1.26. The largest absolute Gasteiger partial charge is 0.381 e. The van der Waals surface area contributed by atoms with E-state index in [1.165, 1.54) is 4.68 Å². The average molecular weight is 229 g/mol. The first-order chi connectivity index (χ1) is 6.66. The van der Waals surface area contributed by atoms with Crippen molar-refractivity contribution in [2.24, 2.45) is 0 Å². The molecule has 4 nitrogen and oxygen atoms in total. The lowest BCUT2D eigenvalue weighted by atomic mass is 10.3. The minimum absolute atomic E-state index is 0.357. The van der Waals surface area contributed by atoms with Crippen molar-refractivity contribution in [2.45, 2.75) is 0 Å². The molecule has 2 rings (SSSR count). The first-order valence-corrected chi connectivity index (χ1v) is 4.55. The molecule has 6 heteroatoms. The van der Waals surface area contributed by atoms with E-state index in [4.69, 9.17) is 28.9 Å². The molecule has 0 saturated heterocycles. The van der Waals surface area contributed by atoms with Crippen LogP contribution in [0.25, 0.3) is 5.69 Å². The Morgan fingerprint density at radius 3 is 2.57 bits per heavy atom. The molecule has 0 amide bonds. The van der Waals surface area contributed by atoms with Crippen LogP contribution in [0.2, 0.25) is 10.0 Å². The van der Waals surface area contributed by atoms with E-state index in [-0.39, 0.29) is 0 Å². The molecule has 0 radical (unpaired) electrons. The zero-order chi connectivity index (χ0) is 10.1. The molecule has 2 aromatic rings. The smallest absolute Gasteiger partial charge is 0.166 e. The summed E-state index contributed by atoms with van der Waals surface area (Å²) in [6.07, 6.45) is 1.60. The van der Waals surface area contributed by atoms with E-state index < -0.39 is 0 Å². The third-order valence-corrected chi connectivity index (χ3v) is 2.42. The predicted molar refractivity (Wildman–Crippen MR) is 55.8 cm³/mol. The van der Waals surface area contributed by atoms with E-state index in [9.17, 15) is 0 Å². The quantitative estimate of drug-likeness (QED) is 0.814. The van der Waals surface area contributed by atoms with Gasteiger partial charge in [-0.2, -0.15) is 0 Å². The van der Waals surface area contributed by atoms with Crippen molar-refractivity contribution in [1.29, 1.82) is 0 Å². The van der Waals surface area contributed by atoms with Crippen LogP contribution in [0.4, 0.5) is 5.82 Å². The Bertz CT molecular complexity index is 466. The first kappa shape index (κ1) is 9.30. The molecule has 0 fully saturated rings. The molecule has 2 N–H and O–H groups in total. The number of halogens is 2. The molecule has 0 saturated carbocycles. The normalized spacial score (nSPS) is 10.4. The number of hydrogen-bond donors (Lipinski definition) is 1. The van der Waals surface area contributed by atoms with E-state index in [0.29, 0.717) is 15.9 Å². The molecule has 14 heavy (non-hydrogen) atoms. The van der Waals surface area contributed by atoms with Gasteiger partial charge in [-0.25, -0.2) is 4.68 Å². The van der Waals surface area contributed by atoms with Crippen LogP contribution >= 0.6 is 23.2 Å². The molecular formula is C8H6Cl2N4. The molecule has 0 bridgehead atoms. The van der Waals surface area contributed by atoms with E-state index in [2.05, 4.69) is 10.3 Å². The fourth-order valence-corrected chi connectivity index (χ4v) is 1.32.